The van der Waals surface area contributed by atoms with Gasteiger partial charge in [-0.1, -0.05) is 155 Å². The highest BCUT2D eigenvalue weighted by Crippen LogP contribution is 2.15. The monoisotopic (exact) mass is 462 g/mol. The van der Waals surface area contributed by atoms with E-state index < -0.39 is 0 Å². The summed E-state index contributed by atoms with van der Waals surface area (Å²) in [7, 11) is 0. The Hall–Kier alpha value is -0.660. The van der Waals surface area contributed by atoms with E-state index in [-0.39, 0.29) is 0 Å². The summed E-state index contributed by atoms with van der Waals surface area (Å²) in [6.07, 6.45) is 39.2. The van der Waals surface area contributed by atoms with Crippen molar-refractivity contribution in [3.63, 3.8) is 0 Å². The van der Waals surface area contributed by atoms with Gasteiger partial charge in [-0.05, 0) is 12.8 Å². The second kappa shape index (κ2) is 24.5. The molecule has 2 nitrogen and oxygen atoms in total. The zero-order valence-corrected chi connectivity index (χ0v) is 23.1. The van der Waals surface area contributed by atoms with E-state index in [4.69, 9.17) is 0 Å². The Labute approximate surface area is 210 Å². The number of nitrogens with zero attached hydrogens (tertiary/aromatic N) is 2. The summed E-state index contributed by atoms with van der Waals surface area (Å²) < 4.78 is 0. The van der Waals surface area contributed by atoms with Crippen molar-refractivity contribution in [2.24, 2.45) is 0 Å². The molecule has 0 atom stereocenters. The van der Waals surface area contributed by atoms with E-state index in [0.29, 0.717) is 0 Å². The summed E-state index contributed by atoms with van der Waals surface area (Å²) in [5.41, 5.74) is 0. The van der Waals surface area contributed by atoms with Gasteiger partial charge in [-0.25, -0.2) is 0 Å². The van der Waals surface area contributed by atoms with E-state index in [1.807, 2.05) is 0 Å². The molecule has 0 fully saturated rings. The Bertz CT molecular complexity index is 406. The molecule has 0 bridgehead atoms. The molecule has 1 aliphatic rings. The van der Waals surface area contributed by atoms with Crippen molar-refractivity contribution in [2.45, 2.75) is 168 Å². The number of unbranched alkanes of at least 4 members (excludes halogenated alkanes) is 22. The van der Waals surface area contributed by atoms with Crippen molar-refractivity contribution >= 4 is 0 Å². The van der Waals surface area contributed by atoms with Gasteiger partial charge in [-0.2, -0.15) is 0 Å². The van der Waals surface area contributed by atoms with Crippen LogP contribution >= 0.6 is 0 Å². The topological polar surface area (TPSA) is 6.48 Å². The van der Waals surface area contributed by atoms with Crippen LogP contribution in [0.15, 0.2) is 12.4 Å². The average Bonchev–Trinajstić information content (AvgIpc) is 3.28. The molecule has 0 aromatic rings. The summed E-state index contributed by atoms with van der Waals surface area (Å²) in [5.74, 6) is 0. The van der Waals surface area contributed by atoms with E-state index in [0.717, 1.165) is 6.67 Å². The lowest BCUT2D eigenvalue weighted by molar-refractivity contribution is 0.257. The van der Waals surface area contributed by atoms with Crippen LogP contribution in [0.4, 0.5) is 0 Å². The number of rotatable bonds is 26. The van der Waals surface area contributed by atoms with E-state index in [9.17, 15) is 0 Å². The molecule has 2 heteroatoms. The lowest BCUT2D eigenvalue weighted by atomic mass is 10.0. The fourth-order valence-corrected chi connectivity index (χ4v) is 5.12. The molecule has 1 rings (SSSR count). The lowest BCUT2D eigenvalue weighted by Gasteiger charge is -2.21. The maximum Gasteiger partial charge on any atom is 0.0893 e. The number of hydrogen-bond acceptors (Lipinski definition) is 2. The minimum Gasteiger partial charge on any atom is -0.359 e. The molecule has 1 heterocycles. The molecule has 196 valence electrons. The van der Waals surface area contributed by atoms with E-state index in [1.54, 1.807) is 0 Å². The molecule has 0 N–H and O–H groups in total. The van der Waals surface area contributed by atoms with Crippen LogP contribution in [-0.2, 0) is 0 Å². The maximum atomic E-state index is 2.52. The van der Waals surface area contributed by atoms with Crippen molar-refractivity contribution in [2.75, 3.05) is 19.8 Å². The zero-order chi connectivity index (χ0) is 23.7. The first-order valence-electron chi connectivity index (χ1n) is 15.5. The van der Waals surface area contributed by atoms with Crippen LogP contribution in [-0.4, -0.2) is 29.6 Å². The summed E-state index contributed by atoms with van der Waals surface area (Å²) in [6.45, 7) is 8.24. The van der Waals surface area contributed by atoms with Gasteiger partial charge in [-0.3, -0.25) is 0 Å². The second-order valence-electron chi connectivity index (χ2n) is 10.8. The van der Waals surface area contributed by atoms with Gasteiger partial charge in [0.15, 0.2) is 0 Å². The van der Waals surface area contributed by atoms with Crippen molar-refractivity contribution in [3.8, 4) is 0 Å². The van der Waals surface area contributed by atoms with Gasteiger partial charge in [0.05, 0.1) is 6.67 Å². The van der Waals surface area contributed by atoms with Gasteiger partial charge < -0.3 is 9.80 Å². The highest BCUT2D eigenvalue weighted by molar-refractivity contribution is 4.90. The minimum atomic E-state index is 1.13. The third-order valence-corrected chi connectivity index (χ3v) is 7.45. The Morgan fingerprint density at radius 1 is 0.364 bits per heavy atom. The number of hydrogen-bond donors (Lipinski definition) is 0. The first kappa shape index (κ1) is 30.4. The molecule has 0 unspecified atom stereocenters. The van der Waals surface area contributed by atoms with Crippen molar-refractivity contribution < 1.29 is 0 Å². The summed E-state index contributed by atoms with van der Waals surface area (Å²) in [6, 6.07) is 0. The first-order valence-corrected chi connectivity index (χ1v) is 15.5. The predicted octanol–water partition coefficient (Wildman–Crippen LogP) is 10.4. The van der Waals surface area contributed by atoms with E-state index in [2.05, 4.69) is 36.0 Å². The molecule has 0 saturated heterocycles. The third kappa shape index (κ3) is 20.4. The third-order valence-electron chi connectivity index (χ3n) is 7.45. The Morgan fingerprint density at radius 3 is 0.879 bits per heavy atom. The standard InChI is InChI=1S/C31H62N2/c1-3-5-7-9-11-12-13-14-15-16-17-18-19-20-22-24-26-28-33-30-29-32(31-33)27-25-23-21-10-8-6-4-2/h29-30H,3-28,31H2,1-2H3. The van der Waals surface area contributed by atoms with Crippen molar-refractivity contribution in [1.29, 1.82) is 0 Å². The van der Waals surface area contributed by atoms with Crippen LogP contribution in [0.2, 0.25) is 0 Å². The fourth-order valence-electron chi connectivity index (χ4n) is 5.12. The fraction of sp³-hybridized carbons (Fsp3) is 0.935. The van der Waals surface area contributed by atoms with Crippen LogP contribution in [0.1, 0.15) is 168 Å². The SMILES string of the molecule is CCCCCCCCCCCCCCCCCCCN1C=CN(CCCCCCCCC)C1. The van der Waals surface area contributed by atoms with Crippen LogP contribution < -0.4 is 0 Å². The lowest BCUT2D eigenvalue weighted by Crippen LogP contribution is -2.26. The molecule has 0 aliphatic carbocycles. The van der Waals surface area contributed by atoms with Gasteiger partial charge in [0.25, 0.3) is 0 Å². The molecule has 0 spiro atoms. The van der Waals surface area contributed by atoms with Gasteiger partial charge in [0.2, 0.25) is 0 Å². The second-order valence-corrected chi connectivity index (χ2v) is 10.8. The summed E-state index contributed by atoms with van der Waals surface area (Å²) >= 11 is 0. The maximum absolute atomic E-state index is 2.52. The van der Waals surface area contributed by atoms with E-state index in [1.165, 1.54) is 167 Å². The zero-order valence-electron chi connectivity index (χ0n) is 23.1. The first-order chi connectivity index (χ1) is 16.4. The van der Waals surface area contributed by atoms with Gasteiger partial charge >= 0.3 is 0 Å². The van der Waals surface area contributed by atoms with Crippen LogP contribution in [0.25, 0.3) is 0 Å². The smallest absolute Gasteiger partial charge is 0.0893 e. The van der Waals surface area contributed by atoms with Gasteiger partial charge in [0.1, 0.15) is 0 Å². The normalized spacial score (nSPS) is 13.5. The van der Waals surface area contributed by atoms with Gasteiger partial charge in [0, 0.05) is 25.5 Å². The van der Waals surface area contributed by atoms with E-state index >= 15 is 0 Å². The van der Waals surface area contributed by atoms with Crippen molar-refractivity contribution in [1.82, 2.24) is 9.80 Å². The van der Waals surface area contributed by atoms with Crippen molar-refractivity contribution in [3.05, 3.63) is 12.4 Å². The predicted molar refractivity (Wildman–Crippen MR) is 150 cm³/mol. The highest BCUT2D eigenvalue weighted by Gasteiger charge is 2.10. The highest BCUT2D eigenvalue weighted by atomic mass is 15.3. The molecule has 33 heavy (non-hydrogen) atoms. The molecular weight excluding hydrogens is 400 g/mol. The summed E-state index contributed by atoms with van der Waals surface area (Å²) in [4.78, 5) is 5.03. The average molecular weight is 463 g/mol. The molecular formula is C31H62N2. The Kier molecular flexibility index (Phi) is 22.5. The van der Waals surface area contributed by atoms with Crippen LogP contribution in [0.5, 0.6) is 0 Å². The minimum absolute atomic E-state index is 1.13. The summed E-state index contributed by atoms with van der Waals surface area (Å²) in [5, 5.41) is 0. The molecule has 0 amide bonds. The Balaban J connectivity index is 1.74. The van der Waals surface area contributed by atoms with Crippen LogP contribution in [0, 0.1) is 0 Å². The van der Waals surface area contributed by atoms with Crippen LogP contribution in [0.3, 0.4) is 0 Å². The quantitative estimate of drug-likeness (QED) is 0.118. The molecule has 1 aliphatic heterocycles. The molecule has 0 aromatic heterocycles. The molecule has 0 saturated carbocycles. The molecule has 0 radical (unpaired) electrons. The Morgan fingerprint density at radius 2 is 0.606 bits per heavy atom. The molecule has 0 aromatic carbocycles. The van der Waals surface area contributed by atoms with Gasteiger partial charge in [-0.15, -0.1) is 0 Å². The largest absolute Gasteiger partial charge is 0.359 e.